The second-order valence-electron chi connectivity index (χ2n) is 7.52. The van der Waals surface area contributed by atoms with Crippen LogP contribution >= 0.6 is 0 Å². The minimum absolute atomic E-state index is 0.0426. The van der Waals surface area contributed by atoms with E-state index in [1.807, 2.05) is 13.0 Å². The Morgan fingerprint density at radius 3 is 2.72 bits per heavy atom. The van der Waals surface area contributed by atoms with Crippen LogP contribution in [0.5, 0.6) is 17.2 Å². The lowest BCUT2D eigenvalue weighted by molar-refractivity contribution is -0.139. The summed E-state index contributed by atoms with van der Waals surface area (Å²) in [7, 11) is 0. The Bertz CT molecular complexity index is 1090. The SMILES string of the molecule is C=CCOc1cccc(C2/C(=C(/O)c3ccc4c(c3)OCCO4)C(=O)C(=O)N2CCC)c1. The molecule has 4 rings (SSSR count). The molecule has 1 fully saturated rings. The van der Waals surface area contributed by atoms with Crippen LogP contribution < -0.4 is 14.2 Å². The predicted octanol–water partition coefficient (Wildman–Crippen LogP) is 3.85. The van der Waals surface area contributed by atoms with E-state index in [4.69, 9.17) is 14.2 Å². The van der Waals surface area contributed by atoms with Gasteiger partial charge < -0.3 is 24.2 Å². The van der Waals surface area contributed by atoms with Gasteiger partial charge in [0.1, 0.15) is 31.3 Å². The Balaban J connectivity index is 1.82. The number of fused-ring (bicyclic) bond motifs is 1. The van der Waals surface area contributed by atoms with Gasteiger partial charge in [0, 0.05) is 12.1 Å². The summed E-state index contributed by atoms with van der Waals surface area (Å²) in [6.07, 6.45) is 2.30. The van der Waals surface area contributed by atoms with Gasteiger partial charge in [-0.1, -0.05) is 31.7 Å². The summed E-state index contributed by atoms with van der Waals surface area (Å²) in [5.74, 6) is 0.0501. The third-order valence-electron chi connectivity index (χ3n) is 5.36. The number of nitrogens with zero attached hydrogens (tertiary/aromatic N) is 1. The maximum absolute atomic E-state index is 13.0. The van der Waals surface area contributed by atoms with Crippen LogP contribution in [0.25, 0.3) is 5.76 Å². The molecule has 1 saturated heterocycles. The molecule has 7 nitrogen and oxygen atoms in total. The first-order valence-electron chi connectivity index (χ1n) is 10.6. The number of amides is 1. The monoisotopic (exact) mass is 435 g/mol. The van der Waals surface area contributed by atoms with Crippen LogP contribution in [0.1, 0.15) is 30.5 Å². The Morgan fingerprint density at radius 2 is 1.97 bits per heavy atom. The van der Waals surface area contributed by atoms with E-state index in [9.17, 15) is 14.7 Å². The predicted molar refractivity (Wildman–Crippen MR) is 119 cm³/mol. The van der Waals surface area contributed by atoms with Gasteiger partial charge in [-0.05, 0) is 42.3 Å². The number of aliphatic hydroxyl groups excluding tert-OH is 1. The lowest BCUT2D eigenvalue weighted by atomic mass is 9.95. The largest absolute Gasteiger partial charge is 0.507 e. The van der Waals surface area contributed by atoms with Gasteiger partial charge >= 0.3 is 0 Å². The zero-order valence-corrected chi connectivity index (χ0v) is 17.9. The van der Waals surface area contributed by atoms with E-state index in [2.05, 4.69) is 6.58 Å². The molecule has 2 aromatic carbocycles. The van der Waals surface area contributed by atoms with E-state index in [0.29, 0.717) is 61.2 Å². The minimum atomic E-state index is -0.726. The number of hydrogen-bond acceptors (Lipinski definition) is 6. The fraction of sp³-hybridized carbons (Fsp3) is 0.280. The lowest BCUT2D eigenvalue weighted by Gasteiger charge is -2.25. The van der Waals surface area contributed by atoms with Crippen molar-refractivity contribution in [2.45, 2.75) is 19.4 Å². The summed E-state index contributed by atoms with van der Waals surface area (Å²) in [6.45, 7) is 7.14. The zero-order chi connectivity index (χ0) is 22.7. The van der Waals surface area contributed by atoms with E-state index in [0.717, 1.165) is 0 Å². The van der Waals surface area contributed by atoms with Crippen molar-refractivity contribution in [1.82, 2.24) is 4.90 Å². The number of aliphatic hydroxyl groups is 1. The summed E-state index contributed by atoms with van der Waals surface area (Å²) in [5.41, 5.74) is 1.10. The standard InChI is InChI=1S/C25H25NO6/c1-3-10-26-22(16-6-5-7-18(14-16)30-11-4-2)21(24(28)25(26)29)23(27)17-8-9-19-20(15-17)32-13-12-31-19/h4-9,14-15,22,27H,2-3,10-13H2,1H3/b23-21-. The molecule has 166 valence electrons. The second-order valence-corrected chi connectivity index (χ2v) is 7.52. The van der Waals surface area contributed by atoms with Gasteiger partial charge in [-0.15, -0.1) is 0 Å². The molecule has 0 aliphatic carbocycles. The van der Waals surface area contributed by atoms with E-state index in [-0.39, 0.29) is 11.3 Å². The van der Waals surface area contributed by atoms with Crippen molar-refractivity contribution in [3.05, 3.63) is 71.8 Å². The molecule has 32 heavy (non-hydrogen) atoms. The van der Waals surface area contributed by atoms with Crippen LogP contribution in [0.2, 0.25) is 0 Å². The molecule has 2 aromatic rings. The van der Waals surface area contributed by atoms with Gasteiger partial charge in [-0.3, -0.25) is 9.59 Å². The topological polar surface area (TPSA) is 85.3 Å². The average molecular weight is 435 g/mol. The van der Waals surface area contributed by atoms with E-state index in [1.54, 1.807) is 42.5 Å². The molecule has 7 heteroatoms. The molecular formula is C25H25NO6. The summed E-state index contributed by atoms with van der Waals surface area (Å²) in [6, 6.07) is 11.4. The molecule has 0 bridgehead atoms. The summed E-state index contributed by atoms with van der Waals surface area (Å²) >= 11 is 0. The maximum atomic E-state index is 13.0. The minimum Gasteiger partial charge on any atom is -0.507 e. The molecule has 1 unspecified atom stereocenters. The molecule has 2 aliphatic heterocycles. The first kappa shape index (κ1) is 21.5. The number of rotatable bonds is 7. The smallest absolute Gasteiger partial charge is 0.295 e. The van der Waals surface area contributed by atoms with Crippen molar-refractivity contribution in [2.75, 3.05) is 26.4 Å². The van der Waals surface area contributed by atoms with Gasteiger partial charge in [0.15, 0.2) is 11.5 Å². The van der Waals surface area contributed by atoms with Crippen LogP contribution in [0.15, 0.2) is 60.7 Å². The molecule has 1 N–H and O–H groups in total. The van der Waals surface area contributed by atoms with Gasteiger partial charge in [0.25, 0.3) is 11.7 Å². The third-order valence-corrected chi connectivity index (χ3v) is 5.36. The van der Waals surface area contributed by atoms with Crippen molar-refractivity contribution in [2.24, 2.45) is 0 Å². The van der Waals surface area contributed by atoms with Crippen molar-refractivity contribution in [3.63, 3.8) is 0 Å². The van der Waals surface area contributed by atoms with Crippen LogP contribution in [-0.2, 0) is 9.59 Å². The molecule has 1 amide bonds. The first-order chi connectivity index (χ1) is 15.5. The number of ether oxygens (including phenoxy) is 3. The fourth-order valence-corrected chi connectivity index (χ4v) is 3.97. The Morgan fingerprint density at radius 1 is 1.19 bits per heavy atom. The lowest BCUT2D eigenvalue weighted by Crippen LogP contribution is -2.30. The molecule has 0 aromatic heterocycles. The molecule has 0 radical (unpaired) electrons. The average Bonchev–Trinajstić information content (AvgIpc) is 3.07. The Labute approximate surface area is 186 Å². The molecule has 0 saturated carbocycles. The third kappa shape index (κ3) is 3.93. The van der Waals surface area contributed by atoms with Crippen LogP contribution in [-0.4, -0.2) is 48.1 Å². The summed E-state index contributed by atoms with van der Waals surface area (Å²) < 4.78 is 16.8. The first-order valence-corrected chi connectivity index (χ1v) is 10.6. The highest BCUT2D eigenvalue weighted by molar-refractivity contribution is 6.46. The van der Waals surface area contributed by atoms with E-state index in [1.165, 1.54) is 4.90 Å². The quantitative estimate of drug-likeness (QED) is 0.308. The van der Waals surface area contributed by atoms with Gasteiger partial charge in [-0.2, -0.15) is 0 Å². The van der Waals surface area contributed by atoms with Crippen molar-refractivity contribution in [3.8, 4) is 17.2 Å². The second kappa shape index (κ2) is 9.18. The van der Waals surface area contributed by atoms with Crippen LogP contribution in [0.3, 0.4) is 0 Å². The number of likely N-dealkylation sites (tertiary alicyclic amines) is 1. The number of carbonyl (C=O) groups excluding carboxylic acids is 2. The van der Waals surface area contributed by atoms with Crippen LogP contribution in [0.4, 0.5) is 0 Å². The maximum Gasteiger partial charge on any atom is 0.295 e. The zero-order valence-electron chi connectivity index (χ0n) is 17.9. The Hall–Kier alpha value is -3.74. The highest BCUT2D eigenvalue weighted by atomic mass is 16.6. The Kier molecular flexibility index (Phi) is 6.16. The molecule has 0 spiro atoms. The van der Waals surface area contributed by atoms with Crippen molar-refractivity contribution >= 4 is 17.4 Å². The number of Topliss-reactive ketones (excluding diaryl/α,β-unsaturated/α-hetero) is 1. The highest BCUT2D eigenvalue weighted by Gasteiger charge is 2.45. The highest BCUT2D eigenvalue weighted by Crippen LogP contribution is 2.41. The van der Waals surface area contributed by atoms with E-state index >= 15 is 0 Å². The summed E-state index contributed by atoms with van der Waals surface area (Å²) in [4.78, 5) is 27.4. The molecule has 2 aliphatic rings. The number of carbonyl (C=O) groups is 2. The molecular weight excluding hydrogens is 410 g/mol. The van der Waals surface area contributed by atoms with Crippen LogP contribution in [0, 0.1) is 0 Å². The molecule has 2 heterocycles. The fourth-order valence-electron chi connectivity index (χ4n) is 3.97. The number of hydrogen-bond donors (Lipinski definition) is 1. The summed E-state index contributed by atoms with van der Waals surface area (Å²) in [5, 5.41) is 11.2. The number of benzene rings is 2. The normalized spacial score (nSPS) is 19.2. The van der Waals surface area contributed by atoms with E-state index < -0.39 is 17.7 Å². The van der Waals surface area contributed by atoms with Gasteiger partial charge in [-0.25, -0.2) is 0 Å². The van der Waals surface area contributed by atoms with Gasteiger partial charge in [0.2, 0.25) is 0 Å². The van der Waals surface area contributed by atoms with Crippen molar-refractivity contribution in [1.29, 1.82) is 0 Å². The van der Waals surface area contributed by atoms with Crippen molar-refractivity contribution < 1.29 is 28.9 Å². The van der Waals surface area contributed by atoms with Gasteiger partial charge in [0.05, 0.1) is 11.6 Å². The number of ketones is 1. The molecule has 1 atom stereocenters.